The summed E-state index contributed by atoms with van der Waals surface area (Å²) in [7, 11) is 1.22. The molecule has 0 radical (unpaired) electrons. The molecule has 15 heteroatoms. The highest BCUT2D eigenvalue weighted by molar-refractivity contribution is 5.89. The quantitative estimate of drug-likeness (QED) is 0.105. The fraction of sp³-hybridized carbons (Fsp3) is 0.783. The van der Waals surface area contributed by atoms with Gasteiger partial charge in [0.15, 0.2) is 12.6 Å². The Morgan fingerprint density at radius 3 is 2.16 bits per heavy atom. The summed E-state index contributed by atoms with van der Waals surface area (Å²) in [5.74, 6) is -1.68. The molecule has 0 bridgehead atoms. The van der Waals surface area contributed by atoms with Gasteiger partial charge >= 0.3 is 5.97 Å². The zero-order chi connectivity index (χ0) is 27.7. The number of carbonyl (C=O) groups is 1. The van der Waals surface area contributed by atoms with E-state index in [4.69, 9.17) is 28.4 Å². The lowest BCUT2D eigenvalue weighted by atomic mass is 9.83. The largest absolute Gasteiger partial charge is 0.471 e. The molecule has 1 unspecified atom stereocenters. The van der Waals surface area contributed by atoms with Crippen molar-refractivity contribution >= 4 is 5.97 Å². The number of carbonyl (C=O) groups excluding carboxylic acids is 1. The van der Waals surface area contributed by atoms with Crippen molar-refractivity contribution in [3.8, 4) is 0 Å². The smallest absolute Gasteiger partial charge is 0.337 e. The Kier molecular flexibility index (Phi) is 9.39. The van der Waals surface area contributed by atoms with Gasteiger partial charge in [0, 0.05) is 5.92 Å². The summed E-state index contributed by atoms with van der Waals surface area (Å²) >= 11 is 0. The van der Waals surface area contributed by atoms with E-state index in [1.54, 1.807) is 6.08 Å². The van der Waals surface area contributed by atoms with E-state index < -0.39 is 98.7 Å². The standard InChI is InChI=1S/C23H34O15/c1-33-20(32)10-6-34-21(13-8(4-24)2-3-9(10)13)38-23-19(31)17(29)15(27)12(37-23)7-35-22-18(30)16(28)14(26)11(5-25)36-22/h2,6,9,11-19,21-31H,3-5,7H2,1H3/t9-,11-,12-,13-,14-,15-,16+,17+,18-,19-,21+,22+,23?/m1/s1. The minimum absolute atomic E-state index is 0.239. The molecule has 3 aliphatic heterocycles. The third kappa shape index (κ3) is 5.47. The van der Waals surface area contributed by atoms with Gasteiger partial charge in [0.25, 0.3) is 0 Å². The highest BCUT2D eigenvalue weighted by Gasteiger charge is 2.51. The van der Waals surface area contributed by atoms with Gasteiger partial charge in [-0.25, -0.2) is 4.79 Å². The Balaban J connectivity index is 1.45. The predicted molar refractivity (Wildman–Crippen MR) is 119 cm³/mol. The first kappa shape index (κ1) is 29.3. The number of esters is 1. The Labute approximate surface area is 217 Å². The van der Waals surface area contributed by atoms with Gasteiger partial charge in [-0.1, -0.05) is 6.08 Å². The number of hydrogen-bond donors (Lipinski definition) is 8. The Bertz CT molecular complexity index is 892. The number of allylic oxidation sites excluding steroid dienone is 1. The van der Waals surface area contributed by atoms with E-state index in [1.165, 1.54) is 13.4 Å². The molecule has 8 N–H and O–H groups in total. The topological polar surface area (TPSA) is 234 Å². The molecular weight excluding hydrogens is 516 g/mol. The van der Waals surface area contributed by atoms with Crippen molar-refractivity contribution in [3.05, 3.63) is 23.5 Å². The maximum Gasteiger partial charge on any atom is 0.337 e. The second-order valence-electron chi connectivity index (χ2n) is 9.56. The molecule has 0 aromatic rings. The maximum atomic E-state index is 12.2. The van der Waals surface area contributed by atoms with Crippen molar-refractivity contribution in [1.82, 2.24) is 0 Å². The molecule has 2 saturated heterocycles. The molecular formula is C23H34O15. The van der Waals surface area contributed by atoms with E-state index in [2.05, 4.69) is 0 Å². The van der Waals surface area contributed by atoms with E-state index >= 15 is 0 Å². The summed E-state index contributed by atoms with van der Waals surface area (Å²) in [6, 6.07) is 0. The van der Waals surface area contributed by atoms with E-state index in [-0.39, 0.29) is 12.2 Å². The molecule has 0 spiro atoms. The van der Waals surface area contributed by atoms with Crippen LogP contribution >= 0.6 is 0 Å². The van der Waals surface area contributed by atoms with Crippen LogP contribution in [0.25, 0.3) is 0 Å². The monoisotopic (exact) mass is 550 g/mol. The van der Waals surface area contributed by atoms with E-state index in [0.717, 1.165) is 0 Å². The molecule has 0 aromatic heterocycles. The molecule has 13 atom stereocenters. The molecule has 3 heterocycles. The van der Waals surface area contributed by atoms with E-state index in [1.807, 2.05) is 0 Å². The predicted octanol–water partition coefficient (Wildman–Crippen LogP) is -4.40. The van der Waals surface area contributed by atoms with E-state index in [9.17, 15) is 45.6 Å². The van der Waals surface area contributed by atoms with Gasteiger partial charge in [-0.2, -0.15) is 0 Å². The Morgan fingerprint density at radius 2 is 1.53 bits per heavy atom. The third-order valence-corrected chi connectivity index (χ3v) is 7.33. The SMILES string of the molecule is COC(=O)C1=CO[C@@H](OC2O[C@H](CO[C@H]3O[C@H](CO)[C@@H](O)[C@H](O)[C@H]3O)[C@@H](O)[C@H](O)[C@H]2O)[C@@H]2C(CO)=CC[C@H]12. The van der Waals surface area contributed by atoms with Gasteiger partial charge < -0.3 is 69.3 Å². The molecule has 2 fully saturated rings. The van der Waals surface area contributed by atoms with Crippen LogP contribution in [0.4, 0.5) is 0 Å². The fourth-order valence-electron chi connectivity index (χ4n) is 5.11. The molecule has 0 aromatic carbocycles. The normalized spacial score (nSPS) is 45.0. The number of rotatable bonds is 8. The highest BCUT2D eigenvalue weighted by atomic mass is 16.8. The highest BCUT2D eigenvalue weighted by Crippen LogP contribution is 2.44. The summed E-state index contributed by atoms with van der Waals surface area (Å²) in [5.41, 5.74) is 0.770. The van der Waals surface area contributed by atoms with Crippen molar-refractivity contribution in [2.75, 3.05) is 26.9 Å². The first-order valence-electron chi connectivity index (χ1n) is 12.1. The zero-order valence-corrected chi connectivity index (χ0v) is 20.4. The molecule has 38 heavy (non-hydrogen) atoms. The molecule has 216 valence electrons. The lowest BCUT2D eigenvalue weighted by Gasteiger charge is -2.44. The lowest BCUT2D eigenvalue weighted by molar-refractivity contribution is -0.352. The van der Waals surface area contributed by atoms with Crippen molar-refractivity contribution < 1.29 is 74.1 Å². The first-order chi connectivity index (χ1) is 18.1. The summed E-state index contributed by atoms with van der Waals surface area (Å²) in [6.45, 7) is -1.54. The summed E-state index contributed by atoms with van der Waals surface area (Å²) < 4.78 is 32.5. The van der Waals surface area contributed by atoms with Crippen molar-refractivity contribution in [2.45, 2.75) is 74.1 Å². The molecule has 0 amide bonds. The Hall–Kier alpha value is -1.73. The van der Waals surface area contributed by atoms with Crippen molar-refractivity contribution in [2.24, 2.45) is 11.8 Å². The van der Waals surface area contributed by atoms with Crippen LogP contribution in [0.3, 0.4) is 0 Å². The lowest BCUT2D eigenvalue weighted by Crippen LogP contribution is -2.62. The number of fused-ring (bicyclic) bond motifs is 1. The second kappa shape index (κ2) is 12.2. The van der Waals surface area contributed by atoms with Crippen LogP contribution in [0.1, 0.15) is 6.42 Å². The minimum atomic E-state index is -1.76. The van der Waals surface area contributed by atoms with Crippen LogP contribution in [0.2, 0.25) is 0 Å². The summed E-state index contributed by atoms with van der Waals surface area (Å²) in [4.78, 5) is 12.2. The van der Waals surface area contributed by atoms with Gasteiger partial charge in [-0.05, 0) is 12.0 Å². The number of hydrogen-bond acceptors (Lipinski definition) is 15. The molecule has 15 nitrogen and oxygen atoms in total. The van der Waals surface area contributed by atoms with Crippen molar-refractivity contribution in [3.63, 3.8) is 0 Å². The van der Waals surface area contributed by atoms with E-state index in [0.29, 0.717) is 12.0 Å². The summed E-state index contributed by atoms with van der Waals surface area (Å²) in [5, 5.41) is 80.5. The average Bonchev–Trinajstić information content (AvgIpc) is 3.36. The van der Waals surface area contributed by atoms with Gasteiger partial charge in [-0.3, -0.25) is 0 Å². The average molecular weight is 551 g/mol. The first-order valence-corrected chi connectivity index (χ1v) is 12.1. The maximum absolute atomic E-state index is 12.2. The minimum Gasteiger partial charge on any atom is -0.471 e. The zero-order valence-electron chi connectivity index (χ0n) is 20.4. The van der Waals surface area contributed by atoms with Gasteiger partial charge in [0.05, 0.1) is 44.7 Å². The second-order valence-corrected chi connectivity index (χ2v) is 9.56. The molecule has 4 aliphatic rings. The molecule has 0 saturated carbocycles. The number of methoxy groups -OCH3 is 1. The van der Waals surface area contributed by atoms with Crippen LogP contribution in [0.5, 0.6) is 0 Å². The van der Waals surface area contributed by atoms with Crippen LogP contribution in [-0.4, -0.2) is 141 Å². The number of aliphatic hydroxyl groups is 8. The van der Waals surface area contributed by atoms with Gasteiger partial charge in [0.1, 0.15) is 48.8 Å². The van der Waals surface area contributed by atoms with Crippen LogP contribution in [-0.2, 0) is 33.2 Å². The van der Waals surface area contributed by atoms with Crippen LogP contribution in [0, 0.1) is 11.8 Å². The number of ether oxygens (including phenoxy) is 6. The fourth-order valence-corrected chi connectivity index (χ4v) is 5.11. The molecule has 4 rings (SSSR count). The van der Waals surface area contributed by atoms with Crippen molar-refractivity contribution in [1.29, 1.82) is 0 Å². The van der Waals surface area contributed by atoms with Crippen LogP contribution < -0.4 is 0 Å². The number of aliphatic hydroxyl groups excluding tert-OH is 8. The summed E-state index contributed by atoms with van der Waals surface area (Å²) in [6.07, 6.45) is -13.6. The third-order valence-electron chi connectivity index (χ3n) is 7.33. The molecule has 1 aliphatic carbocycles. The van der Waals surface area contributed by atoms with Crippen LogP contribution in [0.15, 0.2) is 23.5 Å². The van der Waals surface area contributed by atoms with Gasteiger partial charge in [0.2, 0.25) is 6.29 Å². The Morgan fingerprint density at radius 1 is 0.895 bits per heavy atom. The van der Waals surface area contributed by atoms with Gasteiger partial charge in [-0.15, -0.1) is 0 Å².